The first kappa shape index (κ1) is 9.49. The molecular weight excluding hydrogens is 200 g/mol. The van der Waals surface area contributed by atoms with Gasteiger partial charge in [0.05, 0.1) is 12.1 Å². The van der Waals surface area contributed by atoms with Crippen molar-refractivity contribution in [3.05, 3.63) is 34.9 Å². The first-order valence-corrected chi connectivity index (χ1v) is 4.84. The third kappa shape index (κ3) is 1.49. The molecule has 2 rings (SSSR count). The van der Waals surface area contributed by atoms with E-state index in [9.17, 15) is 0 Å². The Morgan fingerprint density at radius 1 is 1.50 bits per heavy atom. The zero-order chi connectivity index (χ0) is 10.1. The van der Waals surface area contributed by atoms with E-state index in [1.54, 1.807) is 0 Å². The number of aliphatic hydroxyl groups is 1. The Hall–Kier alpha value is -1.06. The summed E-state index contributed by atoms with van der Waals surface area (Å²) in [6.45, 7) is 2.10. The maximum atomic E-state index is 8.86. The number of nitrogens with zero attached hydrogens (tertiary/aromatic N) is 2. The number of fused-ring (bicyclic) bond motifs is 1. The lowest BCUT2D eigenvalue weighted by Gasteiger charge is -1.99. The lowest BCUT2D eigenvalue weighted by atomic mass is 10.3. The van der Waals surface area contributed by atoms with Gasteiger partial charge in [-0.15, -0.1) is 0 Å². The minimum Gasteiger partial charge on any atom is -0.396 e. The van der Waals surface area contributed by atoms with Gasteiger partial charge in [-0.3, -0.25) is 0 Å². The first-order chi connectivity index (χ1) is 6.72. The summed E-state index contributed by atoms with van der Waals surface area (Å²) in [6, 6.07) is 3.93. The molecular formula is C10H11ClN2O. The smallest absolute Gasteiger partial charge is 0.155 e. The number of hydrogen-bond donors (Lipinski definition) is 1. The SMILES string of the molecule is Cc1ccc2c(Cl)nc(CCO)n2c1. The molecule has 0 aromatic carbocycles. The van der Waals surface area contributed by atoms with Crippen LogP contribution in [0.5, 0.6) is 0 Å². The first-order valence-electron chi connectivity index (χ1n) is 4.46. The van der Waals surface area contributed by atoms with Crippen molar-refractivity contribution in [1.82, 2.24) is 9.38 Å². The van der Waals surface area contributed by atoms with Crippen molar-refractivity contribution in [3.63, 3.8) is 0 Å². The number of aryl methyl sites for hydroxylation is 1. The summed E-state index contributed by atoms with van der Waals surface area (Å²) in [6.07, 6.45) is 2.50. The highest BCUT2D eigenvalue weighted by Gasteiger charge is 2.07. The third-order valence-electron chi connectivity index (χ3n) is 2.15. The largest absolute Gasteiger partial charge is 0.396 e. The standard InChI is InChI=1S/C10H11ClN2O/c1-7-2-3-8-10(11)12-9(4-5-14)13(8)6-7/h2-3,6,14H,4-5H2,1H3. The fourth-order valence-corrected chi connectivity index (χ4v) is 1.74. The van der Waals surface area contributed by atoms with Gasteiger partial charge >= 0.3 is 0 Å². The predicted molar refractivity (Wildman–Crippen MR) is 55.7 cm³/mol. The van der Waals surface area contributed by atoms with Gasteiger partial charge in [0.1, 0.15) is 5.82 Å². The van der Waals surface area contributed by atoms with E-state index in [1.807, 2.05) is 29.7 Å². The van der Waals surface area contributed by atoms with Crippen LogP contribution in [0.2, 0.25) is 5.15 Å². The Morgan fingerprint density at radius 3 is 3.00 bits per heavy atom. The van der Waals surface area contributed by atoms with Crippen molar-refractivity contribution in [1.29, 1.82) is 0 Å². The molecule has 2 aromatic rings. The Kier molecular flexibility index (Phi) is 2.44. The number of imidazole rings is 1. The molecule has 0 spiro atoms. The molecule has 0 saturated carbocycles. The highest BCUT2D eigenvalue weighted by atomic mass is 35.5. The van der Waals surface area contributed by atoms with Crippen LogP contribution in [0, 0.1) is 6.92 Å². The van der Waals surface area contributed by atoms with Crippen molar-refractivity contribution in [2.24, 2.45) is 0 Å². The van der Waals surface area contributed by atoms with Gasteiger partial charge in [0.15, 0.2) is 5.15 Å². The van der Waals surface area contributed by atoms with E-state index in [2.05, 4.69) is 4.98 Å². The van der Waals surface area contributed by atoms with Crippen LogP contribution in [-0.2, 0) is 6.42 Å². The summed E-state index contributed by atoms with van der Waals surface area (Å²) in [4.78, 5) is 4.19. The normalized spacial score (nSPS) is 11.1. The highest BCUT2D eigenvalue weighted by Crippen LogP contribution is 2.19. The molecule has 0 fully saturated rings. The van der Waals surface area contributed by atoms with Crippen molar-refractivity contribution in [3.8, 4) is 0 Å². The maximum absolute atomic E-state index is 8.86. The average Bonchev–Trinajstić information content (AvgIpc) is 2.44. The maximum Gasteiger partial charge on any atom is 0.155 e. The summed E-state index contributed by atoms with van der Waals surface area (Å²) in [5.41, 5.74) is 2.03. The summed E-state index contributed by atoms with van der Waals surface area (Å²) >= 11 is 5.95. The van der Waals surface area contributed by atoms with Crippen molar-refractivity contribution in [2.45, 2.75) is 13.3 Å². The second kappa shape index (κ2) is 3.59. The van der Waals surface area contributed by atoms with E-state index < -0.39 is 0 Å². The summed E-state index contributed by atoms with van der Waals surface area (Å²) in [5.74, 6) is 0.802. The molecule has 2 aromatic heterocycles. The molecule has 0 aliphatic heterocycles. The molecule has 0 saturated heterocycles. The van der Waals surface area contributed by atoms with Gasteiger partial charge in [-0.2, -0.15) is 0 Å². The molecule has 3 nitrogen and oxygen atoms in total. The van der Waals surface area contributed by atoms with Gasteiger partial charge < -0.3 is 9.51 Å². The van der Waals surface area contributed by atoms with Crippen LogP contribution in [0.15, 0.2) is 18.3 Å². The van der Waals surface area contributed by atoms with E-state index in [1.165, 1.54) is 0 Å². The van der Waals surface area contributed by atoms with Crippen LogP contribution >= 0.6 is 11.6 Å². The second-order valence-electron chi connectivity index (χ2n) is 3.25. The molecule has 0 aliphatic rings. The van der Waals surface area contributed by atoms with E-state index in [0.29, 0.717) is 11.6 Å². The number of halogens is 1. The average molecular weight is 211 g/mol. The number of rotatable bonds is 2. The molecule has 0 aliphatic carbocycles. The molecule has 0 unspecified atom stereocenters. The molecule has 74 valence electrons. The number of hydrogen-bond acceptors (Lipinski definition) is 2. The van der Waals surface area contributed by atoms with E-state index in [0.717, 1.165) is 16.9 Å². The molecule has 0 amide bonds. The van der Waals surface area contributed by atoms with Crippen molar-refractivity contribution < 1.29 is 5.11 Å². The van der Waals surface area contributed by atoms with E-state index >= 15 is 0 Å². The third-order valence-corrected chi connectivity index (χ3v) is 2.43. The minimum atomic E-state index is 0.0867. The number of aliphatic hydroxyl groups excluding tert-OH is 1. The van der Waals surface area contributed by atoms with Gasteiger partial charge in [-0.25, -0.2) is 4.98 Å². The van der Waals surface area contributed by atoms with Crippen molar-refractivity contribution in [2.75, 3.05) is 6.61 Å². The fraction of sp³-hybridized carbons (Fsp3) is 0.300. The molecule has 1 N–H and O–H groups in total. The zero-order valence-electron chi connectivity index (χ0n) is 7.87. The van der Waals surface area contributed by atoms with Crippen LogP contribution < -0.4 is 0 Å². The fourth-order valence-electron chi connectivity index (χ4n) is 1.49. The Bertz CT molecular complexity index is 464. The Labute approximate surface area is 87.0 Å². The molecule has 0 atom stereocenters. The van der Waals surface area contributed by atoms with Gasteiger partial charge in [-0.05, 0) is 18.6 Å². The van der Waals surface area contributed by atoms with Gasteiger partial charge in [0.25, 0.3) is 0 Å². The van der Waals surface area contributed by atoms with Gasteiger partial charge in [0.2, 0.25) is 0 Å². The quantitative estimate of drug-likeness (QED) is 0.821. The minimum absolute atomic E-state index is 0.0867. The predicted octanol–water partition coefficient (Wildman–Crippen LogP) is 1.83. The second-order valence-corrected chi connectivity index (χ2v) is 3.61. The topological polar surface area (TPSA) is 37.5 Å². The van der Waals surface area contributed by atoms with Crippen molar-refractivity contribution >= 4 is 17.1 Å². The van der Waals surface area contributed by atoms with Crippen LogP contribution in [0.25, 0.3) is 5.52 Å². The zero-order valence-corrected chi connectivity index (χ0v) is 8.62. The lowest BCUT2D eigenvalue weighted by molar-refractivity contribution is 0.296. The molecule has 2 heterocycles. The van der Waals surface area contributed by atoms with Crippen LogP contribution in [0.1, 0.15) is 11.4 Å². The summed E-state index contributed by atoms with van der Waals surface area (Å²) in [5, 5.41) is 9.36. The van der Waals surface area contributed by atoms with E-state index in [4.69, 9.17) is 16.7 Å². The molecule has 0 bridgehead atoms. The Balaban J connectivity index is 2.66. The highest BCUT2D eigenvalue weighted by molar-refractivity contribution is 6.32. The van der Waals surface area contributed by atoms with E-state index in [-0.39, 0.29) is 6.61 Å². The molecule has 4 heteroatoms. The van der Waals surface area contributed by atoms with Gasteiger partial charge in [-0.1, -0.05) is 17.7 Å². The Morgan fingerprint density at radius 2 is 2.29 bits per heavy atom. The number of aromatic nitrogens is 2. The molecule has 0 radical (unpaired) electrons. The number of pyridine rings is 1. The monoisotopic (exact) mass is 210 g/mol. The lowest BCUT2D eigenvalue weighted by Crippen LogP contribution is -1.98. The van der Waals surface area contributed by atoms with Crippen LogP contribution in [0.4, 0.5) is 0 Å². The molecule has 14 heavy (non-hydrogen) atoms. The summed E-state index contributed by atoms with van der Waals surface area (Å²) < 4.78 is 1.92. The van der Waals surface area contributed by atoms with Crippen LogP contribution in [-0.4, -0.2) is 21.1 Å². The van der Waals surface area contributed by atoms with Crippen LogP contribution in [0.3, 0.4) is 0 Å². The summed E-state index contributed by atoms with van der Waals surface area (Å²) in [7, 11) is 0. The van der Waals surface area contributed by atoms with Gasteiger partial charge in [0, 0.05) is 12.6 Å².